The summed E-state index contributed by atoms with van der Waals surface area (Å²) in [5.74, 6) is 0.428. The molecule has 9 nitrogen and oxygen atoms in total. The maximum absolute atomic E-state index is 11.7. The van der Waals surface area contributed by atoms with E-state index in [2.05, 4.69) is 15.7 Å². The zero-order chi connectivity index (χ0) is 29.7. The molecule has 0 aromatic carbocycles. The Hall–Kier alpha value is -1.55. The zero-order valence-corrected chi connectivity index (χ0v) is 26.2. The largest absolute Gasteiger partial charge is 0.379 e. The zero-order valence-electron chi connectivity index (χ0n) is 26.2. The van der Waals surface area contributed by atoms with Gasteiger partial charge in [0.2, 0.25) is 11.8 Å². The number of amides is 2. The standard InChI is InChI=1S/C12H23NO2.C10H19NO3.C8H15NO/c1-12(2,3)11(14)5-4-6-13-7-9-15-10-8-13;1-10(2,3)9(12)11-14-8-6-4-5-7-13-8;1-8(2,3)7(10)9-6-4-5-6/h4-10H2,1-3H3;8H,4-7H2,1-3H3,(H,11,12);6H,4-5H2,1-3H3,(H,9,10). The molecule has 1 atom stereocenters. The molecule has 1 unspecified atom stereocenters. The molecule has 3 aliphatic rings. The Morgan fingerprint density at radius 1 is 0.795 bits per heavy atom. The third-order valence-corrected chi connectivity index (χ3v) is 6.51. The van der Waals surface area contributed by atoms with E-state index in [1.807, 2.05) is 62.3 Å². The third kappa shape index (κ3) is 17.0. The first-order chi connectivity index (χ1) is 18.0. The molecule has 0 aromatic rings. The summed E-state index contributed by atoms with van der Waals surface area (Å²) in [7, 11) is 0. The van der Waals surface area contributed by atoms with Crippen molar-refractivity contribution in [3.63, 3.8) is 0 Å². The van der Waals surface area contributed by atoms with E-state index in [1.54, 1.807) is 0 Å². The number of nitrogens with zero attached hydrogens (tertiary/aromatic N) is 1. The Bertz CT molecular complexity index is 735. The van der Waals surface area contributed by atoms with Gasteiger partial charge in [0, 0.05) is 54.8 Å². The summed E-state index contributed by atoms with van der Waals surface area (Å²) >= 11 is 0. The van der Waals surface area contributed by atoms with Gasteiger partial charge in [-0.3, -0.25) is 19.3 Å². The van der Waals surface area contributed by atoms with Crippen molar-refractivity contribution >= 4 is 17.6 Å². The van der Waals surface area contributed by atoms with Crippen LogP contribution in [-0.4, -0.2) is 74.3 Å². The van der Waals surface area contributed by atoms with Crippen LogP contribution in [0.15, 0.2) is 0 Å². The Labute approximate surface area is 237 Å². The summed E-state index contributed by atoms with van der Waals surface area (Å²) in [5.41, 5.74) is 1.61. The SMILES string of the molecule is CC(C)(C)C(=O)CCCN1CCOCC1.CC(C)(C)C(=O)NC1CC1.CC(C)(C)C(=O)NOC1CCCCO1. The van der Waals surface area contributed by atoms with Crippen LogP contribution in [0.1, 0.15) is 107 Å². The molecule has 2 amide bonds. The van der Waals surface area contributed by atoms with Gasteiger partial charge in [-0.1, -0.05) is 62.3 Å². The highest BCUT2D eigenvalue weighted by molar-refractivity contribution is 5.83. The number of ether oxygens (including phenoxy) is 2. The predicted octanol–water partition coefficient (Wildman–Crippen LogP) is 4.63. The maximum Gasteiger partial charge on any atom is 0.249 e. The molecule has 0 spiro atoms. The Balaban J connectivity index is 0.000000298. The Morgan fingerprint density at radius 2 is 1.38 bits per heavy atom. The lowest BCUT2D eigenvalue weighted by Crippen LogP contribution is -2.39. The molecule has 228 valence electrons. The quantitative estimate of drug-likeness (QED) is 0.441. The van der Waals surface area contributed by atoms with Gasteiger partial charge in [-0.25, -0.2) is 10.3 Å². The van der Waals surface area contributed by atoms with Gasteiger partial charge < -0.3 is 14.8 Å². The lowest BCUT2D eigenvalue weighted by molar-refractivity contribution is -0.203. The van der Waals surface area contributed by atoms with E-state index in [9.17, 15) is 14.4 Å². The van der Waals surface area contributed by atoms with Gasteiger partial charge in [-0.2, -0.15) is 0 Å². The molecule has 1 saturated carbocycles. The monoisotopic (exact) mass is 555 g/mol. The van der Waals surface area contributed by atoms with Crippen LogP contribution in [0.3, 0.4) is 0 Å². The minimum absolute atomic E-state index is 0.119. The number of carbonyl (C=O) groups excluding carboxylic acids is 3. The van der Waals surface area contributed by atoms with Crippen LogP contribution in [0.2, 0.25) is 0 Å². The van der Waals surface area contributed by atoms with E-state index >= 15 is 0 Å². The fourth-order valence-electron chi connectivity index (χ4n) is 3.37. The normalized spacial score (nSPS) is 20.5. The number of Topliss-reactive ketones (excluding diaryl/α,β-unsaturated/α-hetero) is 1. The second kappa shape index (κ2) is 16.7. The van der Waals surface area contributed by atoms with Crippen molar-refractivity contribution in [2.24, 2.45) is 16.2 Å². The molecule has 2 aliphatic heterocycles. The van der Waals surface area contributed by atoms with Crippen LogP contribution in [0.25, 0.3) is 0 Å². The van der Waals surface area contributed by atoms with Crippen LogP contribution >= 0.6 is 0 Å². The first kappa shape index (κ1) is 35.5. The molecular formula is C30H57N3O6. The molecule has 39 heavy (non-hydrogen) atoms. The average molecular weight is 556 g/mol. The van der Waals surface area contributed by atoms with Crippen LogP contribution in [0.5, 0.6) is 0 Å². The Morgan fingerprint density at radius 3 is 1.85 bits per heavy atom. The topological polar surface area (TPSA) is 106 Å². The summed E-state index contributed by atoms with van der Waals surface area (Å²) in [5, 5.41) is 2.95. The van der Waals surface area contributed by atoms with Gasteiger partial charge in [0.05, 0.1) is 13.2 Å². The maximum atomic E-state index is 11.7. The number of hydrogen-bond acceptors (Lipinski definition) is 7. The lowest BCUT2D eigenvalue weighted by Gasteiger charge is -2.26. The number of carbonyl (C=O) groups is 3. The predicted molar refractivity (Wildman–Crippen MR) is 154 cm³/mol. The molecule has 0 radical (unpaired) electrons. The van der Waals surface area contributed by atoms with Crippen molar-refractivity contribution in [3.05, 3.63) is 0 Å². The van der Waals surface area contributed by atoms with Crippen LogP contribution in [0, 0.1) is 16.2 Å². The van der Waals surface area contributed by atoms with Gasteiger partial charge in [0.15, 0.2) is 6.29 Å². The smallest absolute Gasteiger partial charge is 0.249 e. The lowest BCUT2D eigenvalue weighted by atomic mass is 9.88. The molecule has 3 fully saturated rings. The molecule has 2 saturated heterocycles. The van der Waals surface area contributed by atoms with Crippen molar-refractivity contribution in [1.29, 1.82) is 0 Å². The molecular weight excluding hydrogens is 498 g/mol. The van der Waals surface area contributed by atoms with Crippen molar-refractivity contribution in [2.45, 2.75) is 120 Å². The van der Waals surface area contributed by atoms with E-state index < -0.39 is 5.41 Å². The minimum Gasteiger partial charge on any atom is -0.379 e. The molecule has 1 aliphatic carbocycles. The highest BCUT2D eigenvalue weighted by atomic mass is 16.8. The van der Waals surface area contributed by atoms with Gasteiger partial charge in [-0.15, -0.1) is 0 Å². The first-order valence-corrected chi connectivity index (χ1v) is 14.7. The van der Waals surface area contributed by atoms with Gasteiger partial charge in [0.25, 0.3) is 0 Å². The number of morpholine rings is 1. The number of nitrogens with one attached hydrogen (secondary N) is 2. The molecule has 3 rings (SSSR count). The van der Waals surface area contributed by atoms with Crippen molar-refractivity contribution in [3.8, 4) is 0 Å². The van der Waals surface area contributed by atoms with E-state index in [-0.39, 0.29) is 28.9 Å². The van der Waals surface area contributed by atoms with Crippen LogP contribution in [0.4, 0.5) is 0 Å². The fourth-order valence-corrected chi connectivity index (χ4v) is 3.37. The van der Waals surface area contributed by atoms with E-state index in [0.717, 1.165) is 65.1 Å². The van der Waals surface area contributed by atoms with Crippen molar-refractivity contribution < 1.29 is 28.7 Å². The van der Waals surface area contributed by atoms with Crippen molar-refractivity contribution in [1.82, 2.24) is 15.7 Å². The summed E-state index contributed by atoms with van der Waals surface area (Å²) in [6, 6.07) is 0.492. The molecule has 0 bridgehead atoms. The summed E-state index contributed by atoms with van der Waals surface area (Å²) in [6.07, 6.45) is 6.78. The van der Waals surface area contributed by atoms with Gasteiger partial charge in [0.1, 0.15) is 5.78 Å². The Kier molecular flexibility index (Phi) is 15.1. The highest BCUT2D eigenvalue weighted by Crippen LogP contribution is 2.22. The molecule has 2 heterocycles. The number of rotatable bonds is 7. The van der Waals surface area contributed by atoms with Gasteiger partial charge >= 0.3 is 0 Å². The third-order valence-electron chi connectivity index (χ3n) is 6.51. The highest BCUT2D eigenvalue weighted by Gasteiger charge is 2.29. The summed E-state index contributed by atoms with van der Waals surface area (Å²) < 4.78 is 10.6. The number of ketones is 1. The molecule has 9 heteroatoms. The minimum atomic E-state index is -0.422. The second-order valence-corrected chi connectivity index (χ2v) is 13.8. The molecule has 2 N–H and O–H groups in total. The van der Waals surface area contributed by atoms with E-state index in [1.165, 1.54) is 12.8 Å². The fraction of sp³-hybridized carbons (Fsp3) is 0.900. The summed E-state index contributed by atoms with van der Waals surface area (Å²) in [6.45, 7) is 22.8. The van der Waals surface area contributed by atoms with Gasteiger partial charge in [-0.05, 0) is 38.6 Å². The average Bonchev–Trinajstić information content (AvgIpc) is 3.67. The van der Waals surface area contributed by atoms with Crippen molar-refractivity contribution in [2.75, 3.05) is 39.5 Å². The number of hydroxylamine groups is 1. The molecule has 0 aromatic heterocycles. The first-order valence-electron chi connectivity index (χ1n) is 14.7. The van der Waals surface area contributed by atoms with E-state index in [0.29, 0.717) is 18.2 Å². The van der Waals surface area contributed by atoms with Crippen LogP contribution < -0.4 is 10.8 Å². The van der Waals surface area contributed by atoms with E-state index in [4.69, 9.17) is 14.3 Å². The van der Waals surface area contributed by atoms with Crippen LogP contribution in [-0.2, 0) is 28.7 Å². The second-order valence-electron chi connectivity index (χ2n) is 13.8. The number of hydrogen-bond donors (Lipinski definition) is 2. The summed E-state index contributed by atoms with van der Waals surface area (Å²) in [4.78, 5) is 41.8.